The Kier molecular flexibility index (Phi) is 6.53. The Labute approximate surface area is 115 Å². The minimum Gasteiger partial charge on any atom is -0.380 e. The Bertz CT molecular complexity index is 405. The number of carbonyl (C=O) groups excluding carboxylic acids is 1. The second-order valence-electron chi connectivity index (χ2n) is 5.18. The number of anilines is 1. The van der Waals surface area contributed by atoms with Crippen LogP contribution in [0.3, 0.4) is 0 Å². The minimum atomic E-state index is -0.133. The van der Waals surface area contributed by atoms with Crippen molar-refractivity contribution < 1.29 is 9.53 Å². The largest absolute Gasteiger partial charge is 0.380 e. The van der Waals surface area contributed by atoms with Gasteiger partial charge in [0.1, 0.15) is 0 Å². The van der Waals surface area contributed by atoms with Gasteiger partial charge in [-0.1, -0.05) is 26.0 Å². The van der Waals surface area contributed by atoms with E-state index in [1.807, 2.05) is 24.3 Å². The van der Waals surface area contributed by atoms with Gasteiger partial charge in [0, 0.05) is 19.3 Å². The summed E-state index contributed by atoms with van der Waals surface area (Å²) in [6.45, 7) is 5.10. The van der Waals surface area contributed by atoms with Crippen molar-refractivity contribution in [3.05, 3.63) is 29.8 Å². The van der Waals surface area contributed by atoms with Crippen molar-refractivity contribution in [3.63, 3.8) is 0 Å². The molecule has 0 aliphatic rings. The SMILES string of the molecule is COCc1cccc(NC(=O)C(CN)CC(C)C)c1. The fourth-order valence-corrected chi connectivity index (χ4v) is 2.03. The molecule has 0 bridgehead atoms. The molecule has 1 rings (SSSR count). The van der Waals surface area contributed by atoms with E-state index in [9.17, 15) is 4.79 Å². The van der Waals surface area contributed by atoms with Crippen LogP contribution >= 0.6 is 0 Å². The molecule has 0 fully saturated rings. The predicted octanol–water partition coefficient (Wildman–Crippen LogP) is 2.39. The van der Waals surface area contributed by atoms with Gasteiger partial charge in [-0.2, -0.15) is 0 Å². The molecule has 3 N–H and O–H groups in total. The lowest BCUT2D eigenvalue weighted by atomic mass is 9.96. The zero-order chi connectivity index (χ0) is 14.3. The number of hydrogen-bond acceptors (Lipinski definition) is 3. The molecule has 4 heteroatoms. The monoisotopic (exact) mass is 264 g/mol. The van der Waals surface area contributed by atoms with Crippen molar-refractivity contribution in [3.8, 4) is 0 Å². The van der Waals surface area contributed by atoms with Gasteiger partial charge in [0.15, 0.2) is 0 Å². The summed E-state index contributed by atoms with van der Waals surface area (Å²) in [5, 5.41) is 2.92. The molecule has 4 nitrogen and oxygen atoms in total. The molecule has 0 radical (unpaired) electrons. The van der Waals surface area contributed by atoms with Crippen LogP contribution in [0.1, 0.15) is 25.8 Å². The molecule has 1 amide bonds. The summed E-state index contributed by atoms with van der Waals surface area (Å²) < 4.78 is 5.08. The molecule has 0 aromatic heterocycles. The van der Waals surface area contributed by atoms with Gasteiger partial charge in [-0.3, -0.25) is 4.79 Å². The first-order valence-corrected chi connectivity index (χ1v) is 6.65. The number of hydrogen-bond donors (Lipinski definition) is 2. The van der Waals surface area contributed by atoms with Crippen LogP contribution in [0.4, 0.5) is 5.69 Å². The zero-order valence-corrected chi connectivity index (χ0v) is 12.0. The van der Waals surface area contributed by atoms with Gasteiger partial charge in [-0.25, -0.2) is 0 Å². The summed E-state index contributed by atoms with van der Waals surface area (Å²) >= 11 is 0. The molecule has 0 aliphatic carbocycles. The van der Waals surface area contributed by atoms with Crippen LogP contribution in [0, 0.1) is 11.8 Å². The van der Waals surface area contributed by atoms with Crippen molar-refractivity contribution >= 4 is 11.6 Å². The molecular formula is C15H24N2O2. The summed E-state index contributed by atoms with van der Waals surface area (Å²) in [4.78, 5) is 12.1. The highest BCUT2D eigenvalue weighted by molar-refractivity contribution is 5.92. The highest BCUT2D eigenvalue weighted by Crippen LogP contribution is 2.16. The average molecular weight is 264 g/mol. The number of nitrogens with two attached hydrogens (primary N) is 1. The molecule has 1 atom stereocenters. The molecule has 1 aromatic rings. The van der Waals surface area contributed by atoms with Gasteiger partial charge >= 0.3 is 0 Å². The Morgan fingerprint density at radius 3 is 2.74 bits per heavy atom. The number of nitrogens with one attached hydrogen (secondary N) is 1. The van der Waals surface area contributed by atoms with Crippen molar-refractivity contribution in [1.82, 2.24) is 0 Å². The number of carbonyl (C=O) groups is 1. The predicted molar refractivity (Wildman–Crippen MR) is 77.8 cm³/mol. The molecule has 0 saturated carbocycles. The third-order valence-corrected chi connectivity index (χ3v) is 2.92. The van der Waals surface area contributed by atoms with E-state index in [-0.39, 0.29) is 11.8 Å². The van der Waals surface area contributed by atoms with Crippen LogP contribution in [0.15, 0.2) is 24.3 Å². The van der Waals surface area contributed by atoms with Crippen molar-refractivity contribution in [2.24, 2.45) is 17.6 Å². The first-order chi connectivity index (χ1) is 9.06. The molecule has 19 heavy (non-hydrogen) atoms. The first kappa shape index (κ1) is 15.7. The van der Waals surface area contributed by atoms with Crippen LogP contribution in [0.5, 0.6) is 0 Å². The van der Waals surface area contributed by atoms with Gasteiger partial charge in [0.05, 0.1) is 12.5 Å². The summed E-state index contributed by atoms with van der Waals surface area (Å²) in [6, 6.07) is 7.67. The zero-order valence-electron chi connectivity index (χ0n) is 12.0. The van der Waals surface area contributed by atoms with Crippen molar-refractivity contribution in [1.29, 1.82) is 0 Å². The van der Waals surface area contributed by atoms with Gasteiger partial charge < -0.3 is 15.8 Å². The average Bonchev–Trinajstić information content (AvgIpc) is 2.36. The molecule has 106 valence electrons. The number of amides is 1. The Morgan fingerprint density at radius 1 is 1.42 bits per heavy atom. The molecule has 0 spiro atoms. The van der Waals surface area contributed by atoms with E-state index >= 15 is 0 Å². The van der Waals surface area contributed by atoms with Crippen molar-refractivity contribution in [2.75, 3.05) is 19.0 Å². The third-order valence-electron chi connectivity index (χ3n) is 2.92. The smallest absolute Gasteiger partial charge is 0.228 e. The third kappa shape index (κ3) is 5.41. The van der Waals surface area contributed by atoms with E-state index in [0.717, 1.165) is 17.7 Å². The van der Waals surface area contributed by atoms with Crippen LogP contribution in [0.25, 0.3) is 0 Å². The quantitative estimate of drug-likeness (QED) is 0.794. The highest BCUT2D eigenvalue weighted by atomic mass is 16.5. The standard InChI is InChI=1S/C15H24N2O2/c1-11(2)7-13(9-16)15(18)17-14-6-4-5-12(8-14)10-19-3/h4-6,8,11,13H,7,9-10,16H2,1-3H3,(H,17,18). The first-order valence-electron chi connectivity index (χ1n) is 6.65. The molecule has 1 aromatic carbocycles. The topological polar surface area (TPSA) is 64.3 Å². The summed E-state index contributed by atoms with van der Waals surface area (Å²) in [6.07, 6.45) is 0.806. The maximum absolute atomic E-state index is 12.1. The van der Waals surface area contributed by atoms with E-state index in [2.05, 4.69) is 19.2 Å². The molecule has 0 aliphatic heterocycles. The van der Waals surface area contributed by atoms with Gasteiger partial charge in [-0.05, 0) is 30.0 Å². The minimum absolute atomic E-state index is 0.00855. The number of methoxy groups -OCH3 is 1. The maximum atomic E-state index is 12.1. The Balaban J connectivity index is 2.66. The molecule has 0 saturated heterocycles. The molecule has 1 unspecified atom stereocenters. The molecule has 0 heterocycles. The van der Waals surface area contributed by atoms with E-state index in [4.69, 9.17) is 10.5 Å². The summed E-state index contributed by atoms with van der Waals surface area (Å²) in [7, 11) is 1.65. The Hall–Kier alpha value is -1.39. The van der Waals surface area contributed by atoms with Crippen LogP contribution < -0.4 is 11.1 Å². The van der Waals surface area contributed by atoms with Crippen LogP contribution in [0.2, 0.25) is 0 Å². The number of benzene rings is 1. The lowest BCUT2D eigenvalue weighted by Crippen LogP contribution is -2.30. The van der Waals surface area contributed by atoms with Crippen LogP contribution in [-0.2, 0) is 16.1 Å². The lowest BCUT2D eigenvalue weighted by Gasteiger charge is -2.17. The molecular weight excluding hydrogens is 240 g/mol. The lowest BCUT2D eigenvalue weighted by molar-refractivity contribution is -0.120. The fraction of sp³-hybridized carbons (Fsp3) is 0.533. The van der Waals surface area contributed by atoms with Crippen molar-refractivity contribution in [2.45, 2.75) is 26.9 Å². The maximum Gasteiger partial charge on any atom is 0.228 e. The summed E-state index contributed by atoms with van der Waals surface area (Å²) in [5.41, 5.74) is 7.50. The van der Waals surface area contributed by atoms with Gasteiger partial charge in [-0.15, -0.1) is 0 Å². The fourth-order valence-electron chi connectivity index (χ4n) is 2.03. The number of rotatable bonds is 7. The highest BCUT2D eigenvalue weighted by Gasteiger charge is 2.18. The van der Waals surface area contributed by atoms with Gasteiger partial charge in [0.2, 0.25) is 5.91 Å². The number of ether oxygens (including phenoxy) is 1. The normalized spacial score (nSPS) is 12.5. The van der Waals surface area contributed by atoms with Gasteiger partial charge in [0.25, 0.3) is 0 Å². The van der Waals surface area contributed by atoms with E-state index < -0.39 is 0 Å². The second-order valence-corrected chi connectivity index (χ2v) is 5.18. The van der Waals surface area contributed by atoms with E-state index in [0.29, 0.717) is 19.1 Å². The summed E-state index contributed by atoms with van der Waals surface area (Å²) in [5.74, 6) is 0.316. The Morgan fingerprint density at radius 2 is 2.16 bits per heavy atom. The van der Waals surface area contributed by atoms with Crippen LogP contribution in [-0.4, -0.2) is 19.6 Å². The van der Waals surface area contributed by atoms with E-state index in [1.165, 1.54) is 0 Å². The van der Waals surface area contributed by atoms with E-state index in [1.54, 1.807) is 7.11 Å². The second kappa shape index (κ2) is 7.92.